The number of hydrogen-bond acceptors (Lipinski definition) is 6. The zero-order valence-electron chi connectivity index (χ0n) is 16.6. The molecule has 1 fully saturated rings. The van der Waals surface area contributed by atoms with Gasteiger partial charge in [-0.25, -0.2) is 4.79 Å². The number of quaternary nitrogens is 1. The summed E-state index contributed by atoms with van der Waals surface area (Å²) >= 11 is 5.68. The standard InChI is InChI=1S/C19H26N4O4S/c1-12(2)23-17(13-5-7-15(26-3)8-6-13)20-22(19(23)28)11-21-10-14(24)9-16(21)18(25)27-4/h5-8,12,14,16,24H,9-11H2,1-4H3/p+1/t14-,16-/m0/s1. The predicted octanol–water partition coefficient (Wildman–Crippen LogP) is 0.819. The van der Waals surface area contributed by atoms with Crippen LogP contribution in [-0.2, 0) is 16.2 Å². The number of nitrogens with zero attached hydrogens (tertiary/aromatic N) is 3. The minimum absolute atomic E-state index is 0.119. The lowest BCUT2D eigenvalue weighted by Crippen LogP contribution is -3.14. The van der Waals surface area contributed by atoms with Crippen LogP contribution in [0.1, 0.15) is 26.3 Å². The molecule has 0 saturated carbocycles. The van der Waals surface area contributed by atoms with Crippen molar-refractivity contribution >= 4 is 18.2 Å². The molecule has 0 amide bonds. The Morgan fingerprint density at radius 2 is 2.04 bits per heavy atom. The number of likely N-dealkylation sites (tertiary alicyclic amines) is 1. The van der Waals surface area contributed by atoms with Gasteiger partial charge in [0.25, 0.3) is 0 Å². The predicted molar refractivity (Wildman–Crippen MR) is 106 cm³/mol. The van der Waals surface area contributed by atoms with E-state index in [-0.39, 0.29) is 12.0 Å². The van der Waals surface area contributed by atoms with Crippen LogP contribution in [-0.4, -0.2) is 58.3 Å². The molecular formula is C19H27N4O4S+. The molecule has 1 aromatic heterocycles. The number of esters is 1. The third-order valence-corrected chi connectivity index (χ3v) is 5.48. The number of methoxy groups -OCH3 is 2. The van der Waals surface area contributed by atoms with Gasteiger partial charge in [0.15, 0.2) is 18.5 Å². The average Bonchev–Trinajstić information content (AvgIpc) is 3.21. The fraction of sp³-hybridized carbons (Fsp3) is 0.526. The van der Waals surface area contributed by atoms with E-state index in [4.69, 9.17) is 26.8 Å². The molecule has 8 nitrogen and oxygen atoms in total. The highest BCUT2D eigenvalue weighted by molar-refractivity contribution is 7.71. The minimum atomic E-state index is -0.540. The Morgan fingerprint density at radius 1 is 1.36 bits per heavy atom. The molecule has 2 heterocycles. The number of benzene rings is 1. The molecule has 3 rings (SSSR count). The highest BCUT2D eigenvalue weighted by Gasteiger charge is 2.41. The summed E-state index contributed by atoms with van der Waals surface area (Å²) in [6.45, 7) is 4.95. The van der Waals surface area contributed by atoms with E-state index in [9.17, 15) is 9.90 Å². The van der Waals surface area contributed by atoms with Gasteiger partial charge in [0.05, 0.1) is 14.2 Å². The lowest BCUT2D eigenvalue weighted by molar-refractivity contribution is -0.928. The molecule has 1 aliphatic heterocycles. The molecule has 1 aromatic carbocycles. The number of ether oxygens (including phenoxy) is 2. The van der Waals surface area contributed by atoms with E-state index in [0.29, 0.717) is 24.4 Å². The molecule has 1 saturated heterocycles. The maximum absolute atomic E-state index is 12.1. The number of nitrogens with one attached hydrogen (secondary N) is 1. The van der Waals surface area contributed by atoms with Crippen LogP contribution in [0.4, 0.5) is 0 Å². The molecule has 0 aliphatic carbocycles. The van der Waals surface area contributed by atoms with Gasteiger partial charge >= 0.3 is 5.97 Å². The summed E-state index contributed by atoms with van der Waals surface area (Å²) < 4.78 is 14.4. The number of carbonyl (C=O) groups excluding carboxylic acids is 1. The first-order valence-electron chi connectivity index (χ1n) is 9.30. The summed E-state index contributed by atoms with van der Waals surface area (Å²) in [5.74, 6) is 1.21. The maximum Gasteiger partial charge on any atom is 0.364 e. The maximum atomic E-state index is 12.1. The summed E-state index contributed by atoms with van der Waals surface area (Å²) in [5, 5.41) is 14.8. The second-order valence-corrected chi connectivity index (χ2v) is 7.65. The fourth-order valence-corrected chi connectivity index (χ4v) is 4.07. The van der Waals surface area contributed by atoms with Gasteiger partial charge < -0.3 is 19.5 Å². The van der Waals surface area contributed by atoms with Crippen LogP contribution in [0.5, 0.6) is 5.75 Å². The van der Waals surface area contributed by atoms with E-state index in [2.05, 4.69) is 13.8 Å². The molecule has 0 radical (unpaired) electrons. The SMILES string of the molecule is COC(=O)[C@@H]1C[C@H](O)C[NH+]1Cn1nc(-c2ccc(OC)cc2)n(C(C)C)c1=S. The van der Waals surface area contributed by atoms with Crippen LogP contribution in [0, 0.1) is 4.77 Å². The molecule has 2 N–H and O–H groups in total. The van der Waals surface area contributed by atoms with Crippen molar-refractivity contribution in [3.8, 4) is 17.1 Å². The molecule has 0 spiro atoms. The molecule has 3 atom stereocenters. The van der Waals surface area contributed by atoms with Gasteiger partial charge in [0.2, 0.25) is 4.77 Å². The Kier molecular flexibility index (Phi) is 6.17. The Morgan fingerprint density at radius 3 is 2.61 bits per heavy atom. The topological polar surface area (TPSA) is 82.9 Å². The second kappa shape index (κ2) is 8.42. The summed E-state index contributed by atoms with van der Waals surface area (Å²) in [6.07, 6.45) is -0.160. The van der Waals surface area contributed by atoms with Crippen LogP contribution < -0.4 is 9.64 Å². The normalized spacial score (nSPS) is 21.9. The van der Waals surface area contributed by atoms with Gasteiger partial charge in [-0.1, -0.05) is 0 Å². The summed E-state index contributed by atoms with van der Waals surface area (Å²) in [7, 11) is 3.00. The summed E-state index contributed by atoms with van der Waals surface area (Å²) in [5.41, 5.74) is 0.931. The Labute approximate surface area is 169 Å². The number of aliphatic hydroxyl groups is 1. The number of rotatable bonds is 6. The summed E-state index contributed by atoms with van der Waals surface area (Å²) in [4.78, 5) is 13.0. The molecule has 28 heavy (non-hydrogen) atoms. The minimum Gasteiger partial charge on any atom is -0.497 e. The van der Waals surface area contributed by atoms with E-state index in [1.54, 1.807) is 11.8 Å². The van der Waals surface area contributed by atoms with Crippen molar-refractivity contribution in [2.45, 2.75) is 45.1 Å². The van der Waals surface area contributed by atoms with Crippen LogP contribution in [0.25, 0.3) is 11.4 Å². The summed E-state index contributed by atoms with van der Waals surface area (Å²) in [6, 6.07) is 7.37. The lowest BCUT2D eigenvalue weighted by atomic mass is 10.2. The first kappa shape index (κ1) is 20.5. The van der Waals surface area contributed by atoms with Crippen molar-refractivity contribution < 1.29 is 24.3 Å². The molecular weight excluding hydrogens is 380 g/mol. The van der Waals surface area contributed by atoms with Crippen LogP contribution >= 0.6 is 12.2 Å². The van der Waals surface area contributed by atoms with E-state index in [1.165, 1.54) is 7.11 Å². The number of carbonyl (C=O) groups is 1. The van der Waals surface area contributed by atoms with Crippen LogP contribution in [0.15, 0.2) is 24.3 Å². The van der Waals surface area contributed by atoms with E-state index >= 15 is 0 Å². The Balaban J connectivity index is 1.96. The first-order chi connectivity index (χ1) is 13.3. The van der Waals surface area contributed by atoms with Crippen molar-refractivity contribution in [2.75, 3.05) is 20.8 Å². The smallest absolute Gasteiger partial charge is 0.364 e. The van der Waals surface area contributed by atoms with Gasteiger partial charge in [-0.15, -0.1) is 5.10 Å². The molecule has 9 heteroatoms. The van der Waals surface area contributed by atoms with Crippen molar-refractivity contribution in [3.63, 3.8) is 0 Å². The zero-order valence-corrected chi connectivity index (χ0v) is 17.4. The molecule has 0 bridgehead atoms. The molecule has 1 aliphatic rings. The van der Waals surface area contributed by atoms with Crippen LogP contribution in [0.2, 0.25) is 0 Å². The van der Waals surface area contributed by atoms with Gasteiger partial charge in [-0.2, -0.15) is 4.68 Å². The third-order valence-electron chi connectivity index (χ3n) is 5.07. The number of aromatic nitrogens is 3. The van der Waals surface area contributed by atoms with Crippen molar-refractivity contribution in [1.82, 2.24) is 14.3 Å². The highest BCUT2D eigenvalue weighted by atomic mass is 32.1. The van der Waals surface area contributed by atoms with Crippen LogP contribution in [0.3, 0.4) is 0 Å². The number of aliphatic hydroxyl groups excluding tert-OH is 1. The second-order valence-electron chi connectivity index (χ2n) is 7.28. The van der Waals surface area contributed by atoms with Gasteiger partial charge in [0, 0.05) is 18.0 Å². The van der Waals surface area contributed by atoms with Crippen molar-refractivity contribution in [1.29, 1.82) is 0 Å². The van der Waals surface area contributed by atoms with Gasteiger partial charge in [-0.3, -0.25) is 4.57 Å². The fourth-order valence-electron chi connectivity index (χ4n) is 3.66. The first-order valence-corrected chi connectivity index (χ1v) is 9.70. The average molecular weight is 408 g/mol. The largest absolute Gasteiger partial charge is 0.497 e. The Bertz CT molecular complexity index is 890. The van der Waals surface area contributed by atoms with Gasteiger partial charge in [0.1, 0.15) is 18.4 Å². The van der Waals surface area contributed by atoms with E-state index < -0.39 is 12.1 Å². The monoisotopic (exact) mass is 407 g/mol. The van der Waals surface area contributed by atoms with E-state index in [0.717, 1.165) is 22.0 Å². The van der Waals surface area contributed by atoms with E-state index in [1.807, 2.05) is 28.8 Å². The zero-order chi connectivity index (χ0) is 20.4. The number of hydrogen-bond donors (Lipinski definition) is 2. The molecule has 2 aromatic rings. The van der Waals surface area contributed by atoms with Crippen molar-refractivity contribution in [2.24, 2.45) is 0 Å². The third kappa shape index (κ3) is 3.96. The quantitative estimate of drug-likeness (QED) is 0.545. The Hall–Kier alpha value is -2.23. The highest BCUT2D eigenvalue weighted by Crippen LogP contribution is 2.24. The molecule has 152 valence electrons. The van der Waals surface area contributed by atoms with Gasteiger partial charge in [-0.05, 0) is 50.3 Å². The molecule has 1 unspecified atom stereocenters. The van der Waals surface area contributed by atoms with Crippen molar-refractivity contribution in [3.05, 3.63) is 29.0 Å². The lowest BCUT2D eigenvalue weighted by Gasteiger charge is -2.18.